The lowest BCUT2D eigenvalue weighted by Gasteiger charge is -2.15. The van der Waals surface area contributed by atoms with E-state index in [9.17, 15) is 9.59 Å². The summed E-state index contributed by atoms with van der Waals surface area (Å²) in [7, 11) is 0. The fourth-order valence-corrected chi connectivity index (χ4v) is 2.68. The highest BCUT2D eigenvalue weighted by Crippen LogP contribution is 2.20. The summed E-state index contributed by atoms with van der Waals surface area (Å²) in [6, 6.07) is 14.7. The summed E-state index contributed by atoms with van der Waals surface area (Å²) in [4.78, 5) is 23.5. The Hall–Kier alpha value is -3.15. The van der Waals surface area contributed by atoms with Crippen LogP contribution in [0.5, 0.6) is 0 Å². The Morgan fingerprint density at radius 2 is 1.96 bits per heavy atom. The molecule has 25 heavy (non-hydrogen) atoms. The maximum absolute atomic E-state index is 12.3. The minimum absolute atomic E-state index is 0.133. The fraction of sp³-hybridized carbons (Fsp3) is 0.211. The van der Waals surface area contributed by atoms with Gasteiger partial charge in [-0.15, -0.1) is 0 Å². The van der Waals surface area contributed by atoms with Crippen molar-refractivity contribution in [2.45, 2.75) is 26.3 Å². The molecule has 2 amide bonds. The SMILES string of the molecule is CC(=O)Nc1cccc([C@H](C)NC(=O)Cc2noc3ccccc23)c1. The molecule has 3 rings (SSSR count). The van der Waals surface area contributed by atoms with Crippen LogP contribution in [0.25, 0.3) is 11.0 Å². The van der Waals surface area contributed by atoms with Crippen LogP contribution in [0.2, 0.25) is 0 Å². The van der Waals surface area contributed by atoms with Crippen LogP contribution in [0, 0.1) is 0 Å². The molecule has 1 atom stereocenters. The molecule has 0 aliphatic heterocycles. The number of hydrogen-bond acceptors (Lipinski definition) is 4. The smallest absolute Gasteiger partial charge is 0.226 e. The Balaban J connectivity index is 1.67. The highest BCUT2D eigenvalue weighted by atomic mass is 16.5. The van der Waals surface area contributed by atoms with E-state index in [4.69, 9.17) is 4.52 Å². The molecule has 0 bridgehead atoms. The molecule has 1 heterocycles. The molecular weight excluding hydrogens is 318 g/mol. The molecular formula is C19H19N3O3. The molecule has 0 fully saturated rings. The van der Waals surface area contributed by atoms with Crippen molar-refractivity contribution < 1.29 is 14.1 Å². The van der Waals surface area contributed by atoms with Gasteiger partial charge < -0.3 is 15.2 Å². The summed E-state index contributed by atoms with van der Waals surface area (Å²) < 4.78 is 5.22. The zero-order valence-corrected chi connectivity index (χ0v) is 14.1. The second-order valence-corrected chi connectivity index (χ2v) is 5.90. The maximum Gasteiger partial charge on any atom is 0.226 e. The van der Waals surface area contributed by atoms with Crippen molar-refractivity contribution in [3.63, 3.8) is 0 Å². The Kier molecular flexibility index (Phi) is 4.79. The summed E-state index contributed by atoms with van der Waals surface area (Å²) in [5.41, 5.74) is 2.90. The highest BCUT2D eigenvalue weighted by molar-refractivity contribution is 5.89. The third-order valence-corrected chi connectivity index (χ3v) is 3.86. The van der Waals surface area contributed by atoms with Gasteiger partial charge in [0.25, 0.3) is 0 Å². The fourth-order valence-electron chi connectivity index (χ4n) is 2.68. The van der Waals surface area contributed by atoms with Gasteiger partial charge in [0, 0.05) is 18.0 Å². The maximum atomic E-state index is 12.3. The van der Waals surface area contributed by atoms with Crippen LogP contribution in [-0.4, -0.2) is 17.0 Å². The number of amides is 2. The lowest BCUT2D eigenvalue weighted by Crippen LogP contribution is -2.28. The topological polar surface area (TPSA) is 84.2 Å². The molecule has 6 heteroatoms. The van der Waals surface area contributed by atoms with Crippen LogP contribution in [0.4, 0.5) is 5.69 Å². The quantitative estimate of drug-likeness (QED) is 0.749. The van der Waals surface area contributed by atoms with Gasteiger partial charge in [-0.05, 0) is 36.8 Å². The van der Waals surface area contributed by atoms with Gasteiger partial charge in [-0.1, -0.05) is 29.4 Å². The molecule has 0 aliphatic carbocycles. The number of rotatable bonds is 5. The molecule has 128 valence electrons. The van der Waals surface area contributed by atoms with E-state index < -0.39 is 0 Å². The second-order valence-electron chi connectivity index (χ2n) is 5.90. The minimum atomic E-state index is -0.195. The summed E-state index contributed by atoms with van der Waals surface area (Å²) in [5.74, 6) is -0.275. The van der Waals surface area contributed by atoms with Crippen LogP contribution in [0.3, 0.4) is 0 Å². The lowest BCUT2D eigenvalue weighted by molar-refractivity contribution is -0.121. The van der Waals surface area contributed by atoms with Crippen LogP contribution in [-0.2, 0) is 16.0 Å². The molecule has 3 aromatic rings. The van der Waals surface area contributed by atoms with Crippen molar-refractivity contribution in [3.05, 3.63) is 59.8 Å². The first-order chi connectivity index (χ1) is 12.0. The highest BCUT2D eigenvalue weighted by Gasteiger charge is 2.15. The molecule has 0 saturated heterocycles. The van der Waals surface area contributed by atoms with Crippen molar-refractivity contribution in [1.82, 2.24) is 10.5 Å². The first-order valence-corrected chi connectivity index (χ1v) is 8.03. The Morgan fingerprint density at radius 1 is 1.16 bits per heavy atom. The van der Waals surface area contributed by atoms with Crippen molar-refractivity contribution >= 4 is 28.5 Å². The number of nitrogens with one attached hydrogen (secondary N) is 2. The van der Waals surface area contributed by atoms with Gasteiger partial charge in [-0.2, -0.15) is 0 Å². The minimum Gasteiger partial charge on any atom is -0.356 e. The Morgan fingerprint density at radius 3 is 2.76 bits per heavy atom. The average molecular weight is 337 g/mol. The predicted octanol–water partition coefficient (Wildman–Crippen LogP) is 3.21. The van der Waals surface area contributed by atoms with Gasteiger partial charge in [0.1, 0.15) is 5.69 Å². The number of nitrogens with zero attached hydrogens (tertiary/aromatic N) is 1. The molecule has 0 aliphatic rings. The summed E-state index contributed by atoms with van der Waals surface area (Å²) >= 11 is 0. The number of fused-ring (bicyclic) bond motifs is 1. The largest absolute Gasteiger partial charge is 0.356 e. The number of benzene rings is 2. The summed E-state index contributed by atoms with van der Waals surface area (Å²) in [5, 5.41) is 10.5. The van der Waals surface area contributed by atoms with Crippen molar-refractivity contribution in [2.24, 2.45) is 0 Å². The van der Waals surface area contributed by atoms with Gasteiger partial charge in [-0.25, -0.2) is 0 Å². The third-order valence-electron chi connectivity index (χ3n) is 3.86. The van der Waals surface area contributed by atoms with Crippen LogP contribution in [0.1, 0.15) is 31.1 Å². The number of aromatic nitrogens is 1. The van der Waals surface area contributed by atoms with E-state index in [2.05, 4.69) is 15.8 Å². The lowest BCUT2D eigenvalue weighted by atomic mass is 10.1. The second kappa shape index (κ2) is 7.17. The molecule has 0 spiro atoms. The molecule has 2 N–H and O–H groups in total. The number of carbonyl (C=O) groups is 2. The van der Waals surface area contributed by atoms with Gasteiger partial charge in [-0.3, -0.25) is 9.59 Å². The first-order valence-electron chi connectivity index (χ1n) is 8.03. The average Bonchev–Trinajstić information content (AvgIpc) is 2.97. The van der Waals surface area contributed by atoms with Crippen molar-refractivity contribution in [3.8, 4) is 0 Å². The van der Waals surface area contributed by atoms with Gasteiger partial charge in [0.2, 0.25) is 11.8 Å². The molecule has 6 nitrogen and oxygen atoms in total. The number of para-hydroxylation sites is 1. The number of hydrogen-bond donors (Lipinski definition) is 2. The third kappa shape index (κ3) is 4.03. The van der Waals surface area contributed by atoms with Gasteiger partial charge in [0.05, 0.1) is 12.5 Å². The van der Waals surface area contributed by atoms with E-state index in [1.54, 1.807) is 6.07 Å². The van der Waals surface area contributed by atoms with Crippen LogP contribution in [0.15, 0.2) is 53.1 Å². The molecule has 0 unspecified atom stereocenters. The van der Waals surface area contributed by atoms with E-state index in [0.29, 0.717) is 17.0 Å². The molecule has 0 saturated carbocycles. The van der Waals surface area contributed by atoms with E-state index in [1.807, 2.05) is 49.4 Å². The molecule has 1 aromatic heterocycles. The number of carbonyl (C=O) groups excluding carboxylic acids is 2. The van der Waals surface area contributed by atoms with Gasteiger partial charge in [0.15, 0.2) is 5.58 Å². The van der Waals surface area contributed by atoms with E-state index in [0.717, 1.165) is 10.9 Å². The molecule has 0 radical (unpaired) electrons. The van der Waals surface area contributed by atoms with Crippen LogP contribution < -0.4 is 10.6 Å². The zero-order valence-electron chi connectivity index (χ0n) is 14.1. The number of anilines is 1. The van der Waals surface area contributed by atoms with E-state index in [-0.39, 0.29) is 24.3 Å². The Bertz CT molecular complexity index is 917. The van der Waals surface area contributed by atoms with E-state index in [1.165, 1.54) is 6.92 Å². The van der Waals surface area contributed by atoms with Crippen molar-refractivity contribution in [1.29, 1.82) is 0 Å². The summed E-state index contributed by atoms with van der Waals surface area (Å²) in [6.45, 7) is 3.35. The van der Waals surface area contributed by atoms with Crippen LogP contribution >= 0.6 is 0 Å². The normalized spacial score (nSPS) is 11.9. The van der Waals surface area contributed by atoms with E-state index >= 15 is 0 Å². The zero-order chi connectivity index (χ0) is 17.8. The van der Waals surface area contributed by atoms with Gasteiger partial charge >= 0.3 is 0 Å². The molecule has 2 aromatic carbocycles. The summed E-state index contributed by atoms with van der Waals surface area (Å²) in [6.07, 6.45) is 0.146. The predicted molar refractivity (Wildman–Crippen MR) is 95.0 cm³/mol. The monoisotopic (exact) mass is 337 g/mol. The standard InChI is InChI=1S/C19H19N3O3/c1-12(14-6-5-7-15(10-14)21-13(2)23)20-19(24)11-17-16-8-3-4-9-18(16)25-22-17/h3-10,12H,11H2,1-2H3,(H,20,24)(H,21,23)/t12-/m0/s1. The van der Waals surface area contributed by atoms with Crippen molar-refractivity contribution in [2.75, 3.05) is 5.32 Å². The Labute approximate surface area is 145 Å². The first kappa shape index (κ1) is 16.7.